The number of aryl methyl sites for hydroxylation is 1. The number of carbonyl (C=O) groups excluding carboxylic acids is 1. The lowest BCUT2D eigenvalue weighted by atomic mass is 10.0. The first kappa shape index (κ1) is 13.2. The third-order valence-corrected chi connectivity index (χ3v) is 4.52. The van der Waals surface area contributed by atoms with Gasteiger partial charge in [0.15, 0.2) is 0 Å². The van der Waals surface area contributed by atoms with Gasteiger partial charge in [-0.05, 0) is 40.5 Å². The van der Waals surface area contributed by atoms with Gasteiger partial charge in [0.2, 0.25) is 5.91 Å². The highest BCUT2D eigenvalue weighted by Gasteiger charge is 2.30. The summed E-state index contributed by atoms with van der Waals surface area (Å²) < 4.78 is 6.47. The number of ether oxygens (including phenoxy) is 1. The minimum Gasteiger partial charge on any atom is -0.492 e. The molecule has 1 N–H and O–H groups in total. The van der Waals surface area contributed by atoms with Gasteiger partial charge in [-0.25, -0.2) is 0 Å². The number of benzene rings is 2. The molecule has 0 aromatic heterocycles. The number of hydrogen-bond acceptors (Lipinski definition) is 2. The Hall–Kier alpha value is -1.81. The first-order chi connectivity index (χ1) is 9.66. The molecule has 1 atom stereocenters. The van der Waals surface area contributed by atoms with Crippen molar-refractivity contribution in [3.63, 3.8) is 0 Å². The molecule has 1 aliphatic rings. The Kier molecular flexibility index (Phi) is 3.49. The second kappa shape index (κ2) is 5.29. The Morgan fingerprint density at radius 1 is 1.25 bits per heavy atom. The van der Waals surface area contributed by atoms with Gasteiger partial charge < -0.3 is 10.1 Å². The van der Waals surface area contributed by atoms with Crippen molar-refractivity contribution in [2.75, 3.05) is 11.9 Å². The molecule has 1 amide bonds. The SMILES string of the molecule is Cc1cccc(NC(=O)C2COc3ccccc32)c1Br. The van der Waals surface area contributed by atoms with E-state index in [0.717, 1.165) is 27.0 Å². The smallest absolute Gasteiger partial charge is 0.235 e. The van der Waals surface area contributed by atoms with Gasteiger partial charge >= 0.3 is 0 Å². The number of amides is 1. The van der Waals surface area contributed by atoms with Gasteiger partial charge in [-0.1, -0.05) is 30.3 Å². The summed E-state index contributed by atoms with van der Waals surface area (Å²) in [6, 6.07) is 13.5. The molecule has 102 valence electrons. The van der Waals surface area contributed by atoms with E-state index in [9.17, 15) is 4.79 Å². The van der Waals surface area contributed by atoms with Crippen LogP contribution in [0.1, 0.15) is 17.0 Å². The average Bonchev–Trinajstić information content (AvgIpc) is 2.88. The van der Waals surface area contributed by atoms with Crippen LogP contribution in [0.3, 0.4) is 0 Å². The molecule has 2 aromatic rings. The molecule has 0 radical (unpaired) electrons. The van der Waals surface area contributed by atoms with Crippen LogP contribution in [0, 0.1) is 6.92 Å². The summed E-state index contributed by atoms with van der Waals surface area (Å²) in [5, 5.41) is 2.97. The zero-order valence-electron chi connectivity index (χ0n) is 11.0. The highest BCUT2D eigenvalue weighted by atomic mass is 79.9. The molecule has 1 heterocycles. The Labute approximate surface area is 126 Å². The number of hydrogen-bond donors (Lipinski definition) is 1. The molecule has 3 rings (SSSR count). The van der Waals surface area contributed by atoms with Crippen molar-refractivity contribution in [2.24, 2.45) is 0 Å². The van der Waals surface area contributed by atoms with Crippen LogP contribution in [-0.4, -0.2) is 12.5 Å². The maximum Gasteiger partial charge on any atom is 0.235 e. The number of anilines is 1. The minimum atomic E-state index is -0.251. The standard InChI is InChI=1S/C16H14BrNO2/c1-10-5-4-7-13(15(10)17)18-16(19)12-9-20-14-8-3-2-6-11(12)14/h2-8,12H,9H2,1H3,(H,18,19). The molecule has 3 nitrogen and oxygen atoms in total. The summed E-state index contributed by atoms with van der Waals surface area (Å²) in [5.41, 5.74) is 2.83. The predicted octanol–water partition coefficient (Wildman–Crippen LogP) is 3.87. The summed E-state index contributed by atoms with van der Waals surface area (Å²) >= 11 is 3.50. The number of halogens is 1. The van der Waals surface area contributed by atoms with Gasteiger partial charge in [0, 0.05) is 10.0 Å². The Morgan fingerprint density at radius 2 is 2.05 bits per heavy atom. The summed E-state index contributed by atoms with van der Waals surface area (Å²) in [4.78, 5) is 12.4. The highest BCUT2D eigenvalue weighted by Crippen LogP contribution is 2.35. The molecule has 4 heteroatoms. The van der Waals surface area contributed by atoms with Crippen molar-refractivity contribution in [3.05, 3.63) is 58.1 Å². The van der Waals surface area contributed by atoms with Gasteiger partial charge in [0.25, 0.3) is 0 Å². The number of fused-ring (bicyclic) bond motifs is 1. The molecule has 0 bridgehead atoms. The minimum absolute atomic E-state index is 0.0405. The average molecular weight is 332 g/mol. The van der Waals surface area contributed by atoms with Crippen LogP contribution < -0.4 is 10.1 Å². The van der Waals surface area contributed by atoms with Crippen molar-refractivity contribution in [3.8, 4) is 5.75 Å². The molecule has 1 unspecified atom stereocenters. The van der Waals surface area contributed by atoms with E-state index in [0.29, 0.717) is 6.61 Å². The number of rotatable bonds is 2. The summed E-state index contributed by atoms with van der Waals surface area (Å²) in [6.07, 6.45) is 0. The second-order valence-electron chi connectivity index (χ2n) is 4.83. The van der Waals surface area contributed by atoms with Crippen LogP contribution in [0.15, 0.2) is 46.9 Å². The van der Waals surface area contributed by atoms with Gasteiger partial charge in [-0.3, -0.25) is 4.79 Å². The van der Waals surface area contributed by atoms with Crippen molar-refractivity contribution in [1.82, 2.24) is 0 Å². The van der Waals surface area contributed by atoms with Gasteiger partial charge in [-0.2, -0.15) is 0 Å². The van der Waals surface area contributed by atoms with E-state index in [1.165, 1.54) is 0 Å². The monoisotopic (exact) mass is 331 g/mol. The lowest BCUT2D eigenvalue weighted by molar-refractivity contribution is -0.117. The fraction of sp³-hybridized carbons (Fsp3) is 0.188. The third-order valence-electron chi connectivity index (χ3n) is 3.47. The molecule has 1 aliphatic heterocycles. The molecule has 0 fully saturated rings. The summed E-state index contributed by atoms with van der Waals surface area (Å²) in [5.74, 6) is 0.510. The molecular weight excluding hydrogens is 318 g/mol. The molecule has 0 saturated heterocycles. The molecule has 20 heavy (non-hydrogen) atoms. The maximum absolute atomic E-state index is 12.4. The van der Waals surface area contributed by atoms with Gasteiger partial charge in [0.1, 0.15) is 18.3 Å². The lowest BCUT2D eigenvalue weighted by Crippen LogP contribution is -2.22. The number of carbonyl (C=O) groups is 1. The fourth-order valence-electron chi connectivity index (χ4n) is 2.34. The quantitative estimate of drug-likeness (QED) is 0.907. The first-order valence-corrected chi connectivity index (χ1v) is 7.24. The van der Waals surface area contributed by atoms with Crippen LogP contribution in [-0.2, 0) is 4.79 Å². The summed E-state index contributed by atoms with van der Waals surface area (Å²) in [7, 11) is 0. The predicted molar refractivity (Wildman–Crippen MR) is 82.2 cm³/mol. The maximum atomic E-state index is 12.4. The van der Waals surface area contributed by atoms with E-state index < -0.39 is 0 Å². The molecular formula is C16H14BrNO2. The van der Waals surface area contributed by atoms with Crippen LogP contribution >= 0.6 is 15.9 Å². The number of para-hydroxylation sites is 1. The van der Waals surface area contributed by atoms with Crippen LogP contribution in [0.2, 0.25) is 0 Å². The summed E-state index contributed by atoms with van der Waals surface area (Å²) in [6.45, 7) is 2.39. The normalized spacial score (nSPS) is 16.4. The highest BCUT2D eigenvalue weighted by molar-refractivity contribution is 9.10. The zero-order chi connectivity index (χ0) is 14.1. The van der Waals surface area contributed by atoms with Crippen molar-refractivity contribution < 1.29 is 9.53 Å². The number of nitrogens with one attached hydrogen (secondary N) is 1. The first-order valence-electron chi connectivity index (χ1n) is 6.44. The molecule has 0 aliphatic carbocycles. The van der Waals surface area contributed by atoms with Gasteiger partial charge in [0.05, 0.1) is 5.69 Å². The molecule has 0 saturated carbocycles. The van der Waals surface area contributed by atoms with Crippen molar-refractivity contribution in [2.45, 2.75) is 12.8 Å². The largest absolute Gasteiger partial charge is 0.492 e. The van der Waals surface area contributed by atoms with Crippen LogP contribution in [0.4, 0.5) is 5.69 Å². The van der Waals surface area contributed by atoms with E-state index in [1.807, 2.05) is 49.4 Å². The molecule has 2 aromatic carbocycles. The van der Waals surface area contributed by atoms with Crippen molar-refractivity contribution in [1.29, 1.82) is 0 Å². The van der Waals surface area contributed by atoms with Crippen LogP contribution in [0.5, 0.6) is 5.75 Å². The van der Waals surface area contributed by atoms with E-state index in [1.54, 1.807) is 0 Å². The molecule has 0 spiro atoms. The van der Waals surface area contributed by atoms with E-state index in [2.05, 4.69) is 21.2 Å². The zero-order valence-corrected chi connectivity index (χ0v) is 12.6. The Morgan fingerprint density at radius 3 is 2.90 bits per heavy atom. The Bertz CT molecular complexity index is 669. The van der Waals surface area contributed by atoms with Crippen LogP contribution in [0.25, 0.3) is 0 Å². The second-order valence-corrected chi connectivity index (χ2v) is 5.62. The fourth-order valence-corrected chi connectivity index (χ4v) is 2.71. The van der Waals surface area contributed by atoms with E-state index in [4.69, 9.17) is 4.74 Å². The Balaban J connectivity index is 1.83. The van der Waals surface area contributed by atoms with E-state index >= 15 is 0 Å². The lowest BCUT2D eigenvalue weighted by Gasteiger charge is -2.12. The topological polar surface area (TPSA) is 38.3 Å². The van der Waals surface area contributed by atoms with Gasteiger partial charge in [-0.15, -0.1) is 0 Å². The van der Waals surface area contributed by atoms with Crippen molar-refractivity contribution >= 4 is 27.5 Å². The third kappa shape index (κ3) is 2.31. The van der Waals surface area contributed by atoms with E-state index in [-0.39, 0.29) is 11.8 Å².